The van der Waals surface area contributed by atoms with Crippen LogP contribution in [0.15, 0.2) is 41.0 Å². The van der Waals surface area contributed by atoms with E-state index in [1.807, 2.05) is 38.1 Å². The number of carbonyl (C=O) groups excluding carboxylic acids is 1. The van der Waals surface area contributed by atoms with Gasteiger partial charge in [-0.3, -0.25) is 9.69 Å². The lowest BCUT2D eigenvalue weighted by Crippen LogP contribution is -2.40. The van der Waals surface area contributed by atoms with Crippen molar-refractivity contribution in [2.75, 3.05) is 19.6 Å². The third kappa shape index (κ3) is 4.31. The van der Waals surface area contributed by atoms with E-state index in [1.165, 1.54) is 24.8 Å². The van der Waals surface area contributed by atoms with Crippen LogP contribution in [0.4, 0.5) is 0 Å². The van der Waals surface area contributed by atoms with Gasteiger partial charge in [-0.05, 0) is 70.5 Å². The van der Waals surface area contributed by atoms with Gasteiger partial charge in [0, 0.05) is 6.54 Å². The van der Waals surface area contributed by atoms with Crippen molar-refractivity contribution < 1.29 is 9.21 Å². The molecule has 1 aliphatic rings. The molecule has 1 fully saturated rings. The molecule has 7 nitrogen and oxygen atoms in total. The number of hydrogen-bond acceptors (Lipinski definition) is 5. The maximum absolute atomic E-state index is 12.9. The average molecular weight is 408 g/mol. The van der Waals surface area contributed by atoms with E-state index < -0.39 is 0 Å². The molecule has 30 heavy (non-hydrogen) atoms. The van der Waals surface area contributed by atoms with Gasteiger partial charge in [-0.1, -0.05) is 24.1 Å². The van der Waals surface area contributed by atoms with Gasteiger partial charge in [-0.25, -0.2) is 0 Å². The number of benzene rings is 1. The molecule has 0 bridgehead atoms. The van der Waals surface area contributed by atoms with Crippen LogP contribution in [0.2, 0.25) is 0 Å². The molecule has 7 heteroatoms. The van der Waals surface area contributed by atoms with Crippen molar-refractivity contribution in [3.8, 4) is 5.69 Å². The minimum Gasteiger partial charge on any atom is -0.468 e. The van der Waals surface area contributed by atoms with Crippen LogP contribution >= 0.6 is 0 Å². The van der Waals surface area contributed by atoms with Gasteiger partial charge in [0.25, 0.3) is 5.91 Å². The highest BCUT2D eigenvalue weighted by molar-refractivity contribution is 5.93. The molecule has 0 aliphatic carbocycles. The minimum atomic E-state index is -0.211. The predicted molar refractivity (Wildman–Crippen MR) is 115 cm³/mol. The van der Waals surface area contributed by atoms with E-state index in [0.29, 0.717) is 17.9 Å². The second-order valence-corrected chi connectivity index (χ2v) is 8.05. The zero-order valence-corrected chi connectivity index (χ0v) is 17.9. The summed E-state index contributed by atoms with van der Waals surface area (Å²) in [6.07, 6.45) is 5.30. The van der Waals surface area contributed by atoms with Crippen molar-refractivity contribution in [1.82, 2.24) is 25.2 Å². The Bertz CT molecular complexity index is 1000. The van der Waals surface area contributed by atoms with E-state index >= 15 is 0 Å². The van der Waals surface area contributed by atoms with Crippen molar-refractivity contribution in [2.45, 2.75) is 46.1 Å². The van der Waals surface area contributed by atoms with E-state index in [9.17, 15) is 4.79 Å². The Hall–Kier alpha value is -2.93. The molecule has 1 N–H and O–H groups in total. The highest BCUT2D eigenvalue weighted by Crippen LogP contribution is 2.24. The van der Waals surface area contributed by atoms with Gasteiger partial charge in [-0.15, -0.1) is 5.10 Å². The van der Waals surface area contributed by atoms with Gasteiger partial charge >= 0.3 is 0 Å². The molecule has 0 radical (unpaired) electrons. The molecular formula is C23H29N5O2. The summed E-state index contributed by atoms with van der Waals surface area (Å²) < 4.78 is 5.67. The van der Waals surface area contributed by atoms with Crippen LogP contribution in [0.3, 0.4) is 0 Å². The van der Waals surface area contributed by atoms with Gasteiger partial charge in [-0.2, -0.15) is 9.90 Å². The number of aromatic nitrogens is 3. The van der Waals surface area contributed by atoms with Crippen molar-refractivity contribution in [2.24, 2.45) is 0 Å². The fourth-order valence-electron chi connectivity index (χ4n) is 4.12. The third-order valence-corrected chi connectivity index (χ3v) is 5.72. The number of likely N-dealkylation sites (tertiary alicyclic amines) is 1. The van der Waals surface area contributed by atoms with Crippen LogP contribution in [0.25, 0.3) is 5.69 Å². The summed E-state index contributed by atoms with van der Waals surface area (Å²) in [6, 6.07) is 9.99. The molecule has 1 atom stereocenters. The third-order valence-electron chi connectivity index (χ3n) is 5.72. The molecule has 4 rings (SSSR count). The van der Waals surface area contributed by atoms with E-state index in [1.54, 1.807) is 11.1 Å². The Kier molecular flexibility index (Phi) is 5.99. The molecule has 1 aliphatic heterocycles. The number of rotatable bonds is 6. The fraction of sp³-hybridized carbons (Fsp3) is 0.435. The minimum absolute atomic E-state index is 0.0268. The lowest BCUT2D eigenvalue weighted by molar-refractivity contribution is 0.0908. The number of furan rings is 1. The molecule has 0 spiro atoms. The number of aryl methyl sites for hydroxylation is 3. The lowest BCUT2D eigenvalue weighted by atomic mass is 10.1. The largest absolute Gasteiger partial charge is 0.468 e. The summed E-state index contributed by atoms with van der Waals surface area (Å²) in [5.41, 5.74) is 4.09. The van der Waals surface area contributed by atoms with Crippen LogP contribution in [0.1, 0.15) is 58.4 Å². The second kappa shape index (κ2) is 8.83. The van der Waals surface area contributed by atoms with Crippen LogP contribution in [0, 0.1) is 20.8 Å². The first-order chi connectivity index (χ1) is 14.5. The van der Waals surface area contributed by atoms with Crippen LogP contribution in [-0.2, 0) is 0 Å². The number of nitrogens with one attached hydrogen (secondary N) is 1. The summed E-state index contributed by atoms with van der Waals surface area (Å²) in [5.74, 6) is 0.671. The Morgan fingerprint density at radius 3 is 2.63 bits per heavy atom. The Morgan fingerprint density at radius 1 is 1.13 bits per heavy atom. The maximum atomic E-state index is 12.9. The Labute approximate surface area is 177 Å². The van der Waals surface area contributed by atoms with E-state index in [4.69, 9.17) is 4.42 Å². The average Bonchev–Trinajstić information content (AvgIpc) is 3.39. The van der Waals surface area contributed by atoms with Gasteiger partial charge in [0.2, 0.25) is 0 Å². The fourth-order valence-corrected chi connectivity index (χ4v) is 4.12. The molecule has 1 saturated heterocycles. The first-order valence-corrected chi connectivity index (χ1v) is 10.6. The molecular weight excluding hydrogens is 378 g/mol. The number of carbonyl (C=O) groups is 1. The molecule has 0 saturated carbocycles. The second-order valence-electron chi connectivity index (χ2n) is 8.05. The zero-order valence-electron chi connectivity index (χ0n) is 17.9. The quantitative estimate of drug-likeness (QED) is 0.674. The normalized spacial score (nSPS) is 15.8. The zero-order chi connectivity index (χ0) is 21.1. The first kappa shape index (κ1) is 20.3. The lowest BCUT2D eigenvalue weighted by Gasteiger charge is -2.33. The van der Waals surface area contributed by atoms with Gasteiger partial charge in [0.05, 0.1) is 23.7 Å². The number of piperidine rings is 1. The number of hydrogen-bond donors (Lipinski definition) is 1. The molecule has 158 valence electrons. The molecule has 3 heterocycles. The van der Waals surface area contributed by atoms with Gasteiger partial charge in [0.15, 0.2) is 5.69 Å². The van der Waals surface area contributed by atoms with Crippen molar-refractivity contribution in [3.05, 3.63) is 64.9 Å². The summed E-state index contributed by atoms with van der Waals surface area (Å²) >= 11 is 0. The first-order valence-electron chi connectivity index (χ1n) is 10.6. The Morgan fingerprint density at radius 2 is 1.93 bits per heavy atom. The maximum Gasteiger partial charge on any atom is 0.273 e. The highest BCUT2D eigenvalue weighted by Gasteiger charge is 2.26. The van der Waals surface area contributed by atoms with E-state index in [0.717, 1.165) is 30.1 Å². The van der Waals surface area contributed by atoms with Crippen LogP contribution in [0.5, 0.6) is 0 Å². The van der Waals surface area contributed by atoms with Crippen molar-refractivity contribution in [1.29, 1.82) is 0 Å². The van der Waals surface area contributed by atoms with Gasteiger partial charge in [0.1, 0.15) is 5.76 Å². The summed E-state index contributed by atoms with van der Waals surface area (Å²) in [6.45, 7) is 8.40. The van der Waals surface area contributed by atoms with Gasteiger partial charge < -0.3 is 9.73 Å². The molecule has 1 unspecified atom stereocenters. The van der Waals surface area contributed by atoms with Crippen molar-refractivity contribution in [3.63, 3.8) is 0 Å². The van der Waals surface area contributed by atoms with Crippen molar-refractivity contribution >= 4 is 5.91 Å². The smallest absolute Gasteiger partial charge is 0.273 e. The highest BCUT2D eigenvalue weighted by atomic mass is 16.3. The van der Waals surface area contributed by atoms with E-state index in [-0.39, 0.29) is 11.9 Å². The number of nitrogens with zero attached hydrogens (tertiary/aromatic N) is 4. The monoisotopic (exact) mass is 407 g/mol. The summed E-state index contributed by atoms with van der Waals surface area (Å²) in [7, 11) is 0. The SMILES string of the molecule is Cc1ccc(-n2nc(C)c(C(=O)NCC(c3ccco3)N3CCCCC3)n2)c(C)c1. The topological polar surface area (TPSA) is 76.2 Å². The summed E-state index contributed by atoms with van der Waals surface area (Å²) in [4.78, 5) is 16.9. The summed E-state index contributed by atoms with van der Waals surface area (Å²) in [5, 5.41) is 12.0. The number of amides is 1. The molecule has 3 aromatic rings. The predicted octanol–water partition coefficient (Wildman–Crippen LogP) is 3.74. The van der Waals surface area contributed by atoms with Crippen LogP contribution in [-0.4, -0.2) is 45.4 Å². The van der Waals surface area contributed by atoms with E-state index in [2.05, 4.69) is 33.4 Å². The Balaban J connectivity index is 1.49. The molecule has 1 amide bonds. The van der Waals surface area contributed by atoms with Crippen LogP contribution < -0.4 is 5.32 Å². The molecule has 2 aromatic heterocycles. The standard InChI is InChI=1S/C23H29N5O2/c1-16-9-10-19(17(2)14-16)28-25-18(3)22(26-28)23(29)24-15-20(21-8-7-13-30-21)27-11-5-4-6-12-27/h7-10,13-14,20H,4-6,11-12,15H2,1-3H3,(H,24,29). The molecule has 1 aromatic carbocycles.